The molecule has 1 rings (SSSR count). The first-order chi connectivity index (χ1) is 9.43. The van der Waals surface area contributed by atoms with Crippen molar-refractivity contribution in [2.75, 3.05) is 20.2 Å². The zero-order valence-corrected chi connectivity index (χ0v) is 12.8. The molecule has 0 saturated heterocycles. The number of rotatable bonds is 7. The second-order valence-corrected chi connectivity index (χ2v) is 5.28. The number of oxime groups is 1. The van der Waals surface area contributed by atoms with E-state index in [1.165, 1.54) is 5.56 Å². The molecule has 0 spiro atoms. The molecule has 0 aliphatic carbocycles. The number of nitrogens with zero attached hydrogens (tertiary/aromatic N) is 2. The van der Waals surface area contributed by atoms with E-state index in [4.69, 9.17) is 15.7 Å². The van der Waals surface area contributed by atoms with Crippen LogP contribution in [0.4, 0.5) is 0 Å². The van der Waals surface area contributed by atoms with Crippen LogP contribution in [0.2, 0.25) is 0 Å². The number of nitrogens with two attached hydrogens (primary N) is 1. The van der Waals surface area contributed by atoms with Crippen molar-refractivity contribution in [3.63, 3.8) is 0 Å². The summed E-state index contributed by atoms with van der Waals surface area (Å²) in [6, 6.07) is 5.82. The highest BCUT2D eigenvalue weighted by Crippen LogP contribution is 2.13. The highest BCUT2D eigenvalue weighted by atomic mass is 16.5. The zero-order valence-electron chi connectivity index (χ0n) is 12.8. The molecule has 0 aliphatic rings. The van der Waals surface area contributed by atoms with Gasteiger partial charge in [0, 0.05) is 18.7 Å². The van der Waals surface area contributed by atoms with Crippen LogP contribution in [0, 0.1) is 6.92 Å². The van der Waals surface area contributed by atoms with Crippen LogP contribution < -0.4 is 5.73 Å². The van der Waals surface area contributed by atoms with Crippen LogP contribution in [-0.4, -0.2) is 42.2 Å². The predicted octanol–water partition coefficient (Wildman–Crippen LogP) is 1.95. The van der Waals surface area contributed by atoms with Crippen LogP contribution in [-0.2, 0) is 11.3 Å². The minimum atomic E-state index is 0.137. The van der Waals surface area contributed by atoms with Gasteiger partial charge < -0.3 is 15.7 Å². The molecule has 1 aromatic carbocycles. The molecular formula is C15H25N3O2. The molecule has 1 aromatic rings. The summed E-state index contributed by atoms with van der Waals surface area (Å²) < 4.78 is 5.54. The largest absolute Gasteiger partial charge is 0.409 e. The fourth-order valence-corrected chi connectivity index (χ4v) is 1.90. The summed E-state index contributed by atoms with van der Waals surface area (Å²) in [6.45, 7) is 8.58. The monoisotopic (exact) mass is 279 g/mol. The Morgan fingerprint density at radius 3 is 2.70 bits per heavy atom. The van der Waals surface area contributed by atoms with Crippen molar-refractivity contribution >= 4 is 5.84 Å². The number of hydrogen-bond acceptors (Lipinski definition) is 4. The van der Waals surface area contributed by atoms with Crippen LogP contribution in [0.5, 0.6) is 0 Å². The lowest BCUT2D eigenvalue weighted by molar-refractivity contribution is 0.0627. The second-order valence-electron chi connectivity index (χ2n) is 5.28. The van der Waals surface area contributed by atoms with E-state index in [0.717, 1.165) is 30.8 Å². The van der Waals surface area contributed by atoms with Gasteiger partial charge in [0.2, 0.25) is 0 Å². The Hall–Kier alpha value is -1.59. The third-order valence-corrected chi connectivity index (χ3v) is 3.11. The Bertz CT molecular complexity index is 458. The van der Waals surface area contributed by atoms with Crippen LogP contribution in [0.15, 0.2) is 23.4 Å². The Kier molecular flexibility index (Phi) is 6.48. The van der Waals surface area contributed by atoms with Gasteiger partial charge >= 0.3 is 0 Å². The van der Waals surface area contributed by atoms with Crippen molar-refractivity contribution in [2.24, 2.45) is 10.9 Å². The smallest absolute Gasteiger partial charge is 0.170 e. The van der Waals surface area contributed by atoms with Gasteiger partial charge in [-0.15, -0.1) is 0 Å². The molecule has 3 N–H and O–H groups in total. The molecule has 0 aromatic heterocycles. The number of aryl methyl sites for hydroxylation is 1. The summed E-state index contributed by atoms with van der Waals surface area (Å²) in [5.74, 6) is 0.137. The number of benzene rings is 1. The molecule has 0 saturated carbocycles. The van der Waals surface area contributed by atoms with Crippen molar-refractivity contribution in [3.05, 3.63) is 34.9 Å². The molecule has 0 bridgehead atoms. The standard InChI is InChI=1S/C15H25N3O2/c1-11(2)20-8-7-18(4)10-14-6-5-13(9-12(14)3)15(16)17-19/h5-6,9,11,19H,7-8,10H2,1-4H3,(H2,16,17). The van der Waals surface area contributed by atoms with E-state index in [1.54, 1.807) is 0 Å². The molecule has 0 amide bonds. The lowest BCUT2D eigenvalue weighted by Gasteiger charge is -2.19. The molecule has 0 aliphatic heterocycles. The molecule has 0 unspecified atom stereocenters. The SMILES string of the molecule is Cc1cc(/C(N)=N/O)ccc1CN(C)CCOC(C)C. The third kappa shape index (κ3) is 5.19. The van der Waals surface area contributed by atoms with Gasteiger partial charge in [-0.2, -0.15) is 0 Å². The molecule has 0 atom stereocenters. The van der Waals surface area contributed by atoms with E-state index in [2.05, 4.69) is 17.1 Å². The summed E-state index contributed by atoms with van der Waals surface area (Å²) in [7, 11) is 2.07. The Morgan fingerprint density at radius 1 is 1.45 bits per heavy atom. The van der Waals surface area contributed by atoms with Crippen LogP contribution in [0.3, 0.4) is 0 Å². The minimum absolute atomic E-state index is 0.137. The topological polar surface area (TPSA) is 71.1 Å². The average Bonchev–Trinajstić information content (AvgIpc) is 2.39. The van der Waals surface area contributed by atoms with Crippen molar-refractivity contribution in [3.8, 4) is 0 Å². The van der Waals surface area contributed by atoms with Gasteiger partial charge in [0.1, 0.15) is 0 Å². The normalized spacial score (nSPS) is 12.4. The van der Waals surface area contributed by atoms with E-state index in [0.29, 0.717) is 0 Å². The van der Waals surface area contributed by atoms with E-state index in [1.807, 2.05) is 39.0 Å². The Morgan fingerprint density at radius 2 is 2.15 bits per heavy atom. The van der Waals surface area contributed by atoms with Gasteiger partial charge in [-0.3, -0.25) is 4.90 Å². The van der Waals surface area contributed by atoms with Crippen molar-refractivity contribution in [2.45, 2.75) is 33.4 Å². The van der Waals surface area contributed by atoms with E-state index in [9.17, 15) is 0 Å². The summed E-state index contributed by atoms with van der Waals surface area (Å²) in [5.41, 5.74) is 8.68. The second kappa shape index (κ2) is 7.87. The first-order valence-corrected chi connectivity index (χ1v) is 6.81. The number of amidine groups is 1. The highest BCUT2D eigenvalue weighted by Gasteiger charge is 2.06. The molecule has 112 valence electrons. The van der Waals surface area contributed by atoms with Crippen LogP contribution in [0.1, 0.15) is 30.5 Å². The summed E-state index contributed by atoms with van der Waals surface area (Å²) in [6.07, 6.45) is 0.269. The highest BCUT2D eigenvalue weighted by molar-refractivity contribution is 5.97. The van der Waals surface area contributed by atoms with E-state index >= 15 is 0 Å². The van der Waals surface area contributed by atoms with Crippen molar-refractivity contribution in [1.82, 2.24) is 4.90 Å². The molecule has 0 radical (unpaired) electrons. The van der Waals surface area contributed by atoms with Gasteiger partial charge in [-0.1, -0.05) is 17.3 Å². The minimum Gasteiger partial charge on any atom is -0.409 e. The molecule has 5 heteroatoms. The number of hydrogen-bond donors (Lipinski definition) is 2. The summed E-state index contributed by atoms with van der Waals surface area (Å²) >= 11 is 0. The first kappa shape index (κ1) is 16.5. The van der Waals surface area contributed by atoms with Crippen LogP contribution >= 0.6 is 0 Å². The lowest BCUT2D eigenvalue weighted by atomic mass is 10.0. The molecule has 20 heavy (non-hydrogen) atoms. The zero-order chi connectivity index (χ0) is 15.1. The van der Waals surface area contributed by atoms with Crippen molar-refractivity contribution < 1.29 is 9.94 Å². The summed E-state index contributed by atoms with van der Waals surface area (Å²) in [5, 5.41) is 11.7. The fraction of sp³-hybridized carbons (Fsp3) is 0.533. The summed E-state index contributed by atoms with van der Waals surface area (Å²) in [4.78, 5) is 2.22. The quantitative estimate of drug-likeness (QED) is 0.346. The molecule has 0 fully saturated rings. The Labute approximate surface area is 121 Å². The Balaban J connectivity index is 2.60. The van der Waals surface area contributed by atoms with Gasteiger partial charge in [0.05, 0.1) is 12.7 Å². The van der Waals surface area contributed by atoms with Crippen LogP contribution in [0.25, 0.3) is 0 Å². The van der Waals surface area contributed by atoms with Gasteiger partial charge in [0.25, 0.3) is 0 Å². The van der Waals surface area contributed by atoms with Gasteiger partial charge in [-0.05, 0) is 45.0 Å². The van der Waals surface area contributed by atoms with E-state index in [-0.39, 0.29) is 11.9 Å². The maximum Gasteiger partial charge on any atom is 0.170 e. The average molecular weight is 279 g/mol. The molecule has 5 nitrogen and oxygen atoms in total. The maximum absolute atomic E-state index is 8.68. The first-order valence-electron chi connectivity index (χ1n) is 6.81. The third-order valence-electron chi connectivity index (χ3n) is 3.11. The van der Waals surface area contributed by atoms with Crippen molar-refractivity contribution in [1.29, 1.82) is 0 Å². The number of ether oxygens (including phenoxy) is 1. The molecular weight excluding hydrogens is 254 g/mol. The van der Waals surface area contributed by atoms with Gasteiger partial charge in [0.15, 0.2) is 5.84 Å². The lowest BCUT2D eigenvalue weighted by Crippen LogP contribution is -2.24. The maximum atomic E-state index is 8.68. The van der Waals surface area contributed by atoms with Gasteiger partial charge in [-0.25, -0.2) is 0 Å². The fourth-order valence-electron chi connectivity index (χ4n) is 1.90. The molecule has 0 heterocycles. The predicted molar refractivity (Wildman–Crippen MR) is 81.1 cm³/mol. The number of likely N-dealkylation sites (N-methyl/N-ethyl adjacent to an activating group) is 1. The van der Waals surface area contributed by atoms with E-state index < -0.39 is 0 Å².